The van der Waals surface area contributed by atoms with Gasteiger partial charge < -0.3 is 4.57 Å². The van der Waals surface area contributed by atoms with E-state index < -0.39 is 35.1 Å². The van der Waals surface area contributed by atoms with Crippen LogP contribution in [0.5, 0.6) is 0 Å². The highest BCUT2D eigenvalue weighted by molar-refractivity contribution is 5.85. The summed E-state index contributed by atoms with van der Waals surface area (Å²) in [4.78, 5) is 14.5. The molecule has 0 saturated carbocycles. The van der Waals surface area contributed by atoms with E-state index in [0.717, 1.165) is 0 Å². The summed E-state index contributed by atoms with van der Waals surface area (Å²) in [6, 6.07) is 4.64. The van der Waals surface area contributed by atoms with Crippen molar-refractivity contribution in [1.82, 2.24) is 9.47 Å². The van der Waals surface area contributed by atoms with Crippen LogP contribution in [0.25, 0.3) is 10.9 Å². The van der Waals surface area contributed by atoms with E-state index in [1.54, 1.807) is 19.9 Å². The smallest absolute Gasteiger partial charge is 0.311 e. The van der Waals surface area contributed by atoms with Crippen LogP contribution in [0.1, 0.15) is 56.2 Å². The van der Waals surface area contributed by atoms with Gasteiger partial charge in [0.1, 0.15) is 0 Å². The van der Waals surface area contributed by atoms with Gasteiger partial charge in [0.05, 0.1) is 11.1 Å². The molecule has 8 heteroatoms. The molecule has 30 heavy (non-hydrogen) atoms. The third-order valence-corrected chi connectivity index (χ3v) is 6.12. The molecular weight excluding hydrogens is 403 g/mol. The number of nitrogens with zero attached hydrogens (tertiary/aromatic N) is 2. The molecule has 1 aromatic carbocycles. The molecule has 3 nitrogen and oxygen atoms in total. The van der Waals surface area contributed by atoms with Gasteiger partial charge in [0.2, 0.25) is 0 Å². The van der Waals surface area contributed by atoms with Crippen molar-refractivity contribution in [3.63, 3.8) is 0 Å². The fraction of sp³-hybridized carbons (Fsp3) is 0.591. The first-order valence-electron chi connectivity index (χ1n) is 10.2. The summed E-state index contributed by atoms with van der Waals surface area (Å²) in [7, 11) is 1.47. The second kappa shape index (κ2) is 7.94. The van der Waals surface area contributed by atoms with Crippen molar-refractivity contribution in [2.75, 3.05) is 13.1 Å². The standard InChI is InChI=1S/C22H27F5N2O/c1-13(2)18-19(22(25,26)27)16-11-15(5-6-17(16)28(4)20(18)30)12-29-9-7-14(3)21(23,24)8-10-29/h5-6,11,13-14H,7-10,12H2,1-4H3. The summed E-state index contributed by atoms with van der Waals surface area (Å²) in [6.07, 6.45) is -4.61. The van der Waals surface area contributed by atoms with Gasteiger partial charge in [-0.05, 0) is 36.6 Å². The first kappa shape index (κ1) is 22.7. The number of fused-ring (bicyclic) bond motifs is 1. The Morgan fingerprint density at radius 1 is 1.20 bits per heavy atom. The number of halogens is 5. The predicted molar refractivity (Wildman–Crippen MR) is 107 cm³/mol. The van der Waals surface area contributed by atoms with E-state index in [9.17, 15) is 26.7 Å². The van der Waals surface area contributed by atoms with E-state index in [4.69, 9.17) is 0 Å². The topological polar surface area (TPSA) is 25.2 Å². The number of aromatic nitrogens is 1. The Labute approximate surface area is 172 Å². The van der Waals surface area contributed by atoms with Crippen LogP contribution < -0.4 is 5.56 Å². The van der Waals surface area contributed by atoms with E-state index in [0.29, 0.717) is 18.5 Å². The summed E-state index contributed by atoms with van der Waals surface area (Å²) < 4.78 is 71.2. The Bertz CT molecular complexity index is 994. The Balaban J connectivity index is 2.07. The molecule has 0 amide bonds. The molecule has 0 N–H and O–H groups in total. The molecule has 1 aliphatic rings. The second-order valence-electron chi connectivity index (χ2n) is 8.63. The van der Waals surface area contributed by atoms with Crippen molar-refractivity contribution in [2.45, 2.75) is 58.2 Å². The van der Waals surface area contributed by atoms with Crippen molar-refractivity contribution >= 4 is 10.9 Å². The lowest BCUT2D eigenvalue weighted by atomic mass is 9.93. The number of likely N-dealkylation sites (tertiary alicyclic amines) is 1. The number of rotatable bonds is 3. The molecule has 1 saturated heterocycles. The van der Waals surface area contributed by atoms with Crippen LogP contribution in [-0.2, 0) is 19.8 Å². The summed E-state index contributed by atoms with van der Waals surface area (Å²) in [6.45, 7) is 5.61. The summed E-state index contributed by atoms with van der Waals surface area (Å²) >= 11 is 0. The molecular formula is C22H27F5N2O. The molecule has 0 spiro atoms. The predicted octanol–water partition coefficient (Wildman–Crippen LogP) is 5.55. The number of pyridine rings is 1. The summed E-state index contributed by atoms with van der Waals surface area (Å²) in [5.41, 5.74) is -0.983. The van der Waals surface area contributed by atoms with Gasteiger partial charge in [-0.25, -0.2) is 8.78 Å². The fourth-order valence-electron chi connectivity index (χ4n) is 4.23. The van der Waals surface area contributed by atoms with E-state index >= 15 is 0 Å². The van der Waals surface area contributed by atoms with Crippen molar-refractivity contribution in [3.8, 4) is 0 Å². The minimum atomic E-state index is -4.68. The van der Waals surface area contributed by atoms with Gasteiger partial charge in [0.25, 0.3) is 11.5 Å². The molecule has 0 aliphatic carbocycles. The van der Waals surface area contributed by atoms with Crippen LogP contribution in [0, 0.1) is 5.92 Å². The first-order chi connectivity index (χ1) is 13.8. The first-order valence-corrected chi connectivity index (χ1v) is 10.2. The summed E-state index contributed by atoms with van der Waals surface area (Å²) in [5.74, 6) is -4.05. The average Bonchev–Trinajstić information content (AvgIpc) is 2.76. The SMILES string of the molecule is CC(C)c1c(C(F)(F)F)c2cc(CN3CCC(C)C(F)(F)CC3)ccc2n(C)c1=O. The van der Waals surface area contributed by atoms with E-state index in [1.165, 1.54) is 30.7 Å². The maximum atomic E-state index is 14.0. The van der Waals surface area contributed by atoms with Crippen molar-refractivity contribution < 1.29 is 22.0 Å². The van der Waals surface area contributed by atoms with Crippen LogP contribution in [-0.4, -0.2) is 28.5 Å². The van der Waals surface area contributed by atoms with E-state index in [-0.39, 0.29) is 36.0 Å². The molecule has 2 heterocycles. The van der Waals surface area contributed by atoms with Crippen LogP contribution in [0.2, 0.25) is 0 Å². The Morgan fingerprint density at radius 2 is 1.87 bits per heavy atom. The monoisotopic (exact) mass is 430 g/mol. The molecule has 1 fully saturated rings. The molecule has 1 aliphatic heterocycles. The highest BCUT2D eigenvalue weighted by Gasteiger charge is 2.39. The van der Waals surface area contributed by atoms with E-state index in [1.807, 2.05) is 4.90 Å². The molecule has 2 aromatic rings. The van der Waals surface area contributed by atoms with Gasteiger partial charge in [-0.2, -0.15) is 13.2 Å². The van der Waals surface area contributed by atoms with E-state index in [2.05, 4.69) is 0 Å². The molecule has 3 rings (SSSR count). The Hall–Kier alpha value is -1.96. The Morgan fingerprint density at radius 3 is 2.47 bits per heavy atom. The van der Waals surface area contributed by atoms with Crippen molar-refractivity contribution in [2.24, 2.45) is 13.0 Å². The zero-order chi connectivity index (χ0) is 22.4. The highest BCUT2D eigenvalue weighted by atomic mass is 19.4. The van der Waals surface area contributed by atoms with Gasteiger partial charge in [0.15, 0.2) is 0 Å². The maximum Gasteiger partial charge on any atom is 0.417 e. The molecule has 1 aromatic heterocycles. The number of hydrogen-bond donors (Lipinski definition) is 0. The number of hydrogen-bond acceptors (Lipinski definition) is 2. The molecule has 0 bridgehead atoms. The third kappa shape index (κ3) is 4.24. The zero-order valence-electron chi connectivity index (χ0n) is 17.6. The van der Waals surface area contributed by atoms with Gasteiger partial charge in [-0.3, -0.25) is 9.69 Å². The largest absolute Gasteiger partial charge is 0.417 e. The minimum Gasteiger partial charge on any atom is -0.311 e. The molecule has 166 valence electrons. The van der Waals surface area contributed by atoms with Gasteiger partial charge in [-0.1, -0.05) is 26.8 Å². The van der Waals surface area contributed by atoms with Crippen LogP contribution in [0.4, 0.5) is 22.0 Å². The van der Waals surface area contributed by atoms with Crippen LogP contribution in [0.3, 0.4) is 0 Å². The number of benzene rings is 1. The molecule has 1 unspecified atom stereocenters. The van der Waals surface area contributed by atoms with Gasteiger partial charge >= 0.3 is 6.18 Å². The van der Waals surface area contributed by atoms with Crippen molar-refractivity contribution in [3.05, 3.63) is 45.2 Å². The quantitative estimate of drug-likeness (QED) is 0.597. The normalized spacial score (nSPS) is 20.7. The lowest BCUT2D eigenvalue weighted by Gasteiger charge is -2.22. The minimum absolute atomic E-state index is 0.0284. The highest BCUT2D eigenvalue weighted by Crippen LogP contribution is 2.39. The Kier molecular flexibility index (Phi) is 6.02. The maximum absolute atomic E-state index is 14.0. The van der Waals surface area contributed by atoms with Crippen molar-refractivity contribution in [1.29, 1.82) is 0 Å². The average molecular weight is 430 g/mol. The molecule has 0 radical (unpaired) electrons. The van der Waals surface area contributed by atoms with Gasteiger partial charge in [-0.15, -0.1) is 0 Å². The van der Waals surface area contributed by atoms with Crippen LogP contribution >= 0.6 is 0 Å². The third-order valence-electron chi connectivity index (χ3n) is 6.12. The zero-order valence-corrected chi connectivity index (χ0v) is 17.6. The fourth-order valence-corrected chi connectivity index (χ4v) is 4.23. The number of aryl methyl sites for hydroxylation is 1. The lowest BCUT2D eigenvalue weighted by Crippen LogP contribution is -2.28. The van der Waals surface area contributed by atoms with Crippen LogP contribution in [0.15, 0.2) is 23.0 Å². The van der Waals surface area contributed by atoms with Gasteiger partial charge in [0, 0.05) is 43.4 Å². The number of alkyl halides is 5. The molecule has 1 atom stereocenters. The lowest BCUT2D eigenvalue weighted by molar-refractivity contribution is -0.137. The summed E-state index contributed by atoms with van der Waals surface area (Å²) in [5, 5.41) is -0.0284. The second-order valence-corrected chi connectivity index (χ2v) is 8.63.